The van der Waals surface area contributed by atoms with E-state index >= 15 is 0 Å². The molecule has 17 heavy (non-hydrogen) atoms. The first-order chi connectivity index (χ1) is 8.00. The number of aliphatic hydroxyl groups is 1. The summed E-state index contributed by atoms with van der Waals surface area (Å²) in [4.78, 5) is 0. The topological polar surface area (TPSA) is 53.2 Å². The van der Waals surface area contributed by atoms with Gasteiger partial charge in [-0.15, -0.1) is 0 Å². The number of halogens is 1. The third-order valence-corrected chi connectivity index (χ3v) is 3.43. The number of ether oxygens (including phenoxy) is 1. The van der Waals surface area contributed by atoms with E-state index in [2.05, 4.69) is 6.07 Å². The number of hydrogen-bond acceptors (Lipinski definition) is 3. The average molecular weight is 254 g/mol. The number of hydrogen-bond donors (Lipinski definition) is 1. The highest BCUT2D eigenvalue weighted by molar-refractivity contribution is 6.31. The normalized spacial score (nSPS) is 15.8. The lowest BCUT2D eigenvalue weighted by Gasteiger charge is -2.28. The van der Waals surface area contributed by atoms with Crippen molar-refractivity contribution in [3.05, 3.63) is 28.8 Å². The van der Waals surface area contributed by atoms with Crippen LogP contribution in [-0.4, -0.2) is 12.2 Å². The molecule has 1 aromatic rings. The average Bonchev–Trinajstić information content (AvgIpc) is 2.36. The minimum atomic E-state index is -0.971. The lowest BCUT2D eigenvalue weighted by Crippen LogP contribution is -2.23. The molecule has 0 aliphatic rings. The fraction of sp³-hybridized carbons (Fsp3) is 0.462. The van der Waals surface area contributed by atoms with Crippen LogP contribution in [0.2, 0.25) is 5.02 Å². The highest BCUT2D eigenvalue weighted by Crippen LogP contribution is 2.42. The van der Waals surface area contributed by atoms with Crippen LogP contribution in [0, 0.1) is 16.7 Å². The Labute approximate surface area is 107 Å². The summed E-state index contributed by atoms with van der Waals surface area (Å²) in [5.41, 5.74) is -0.402. The third kappa shape index (κ3) is 2.54. The third-order valence-electron chi connectivity index (χ3n) is 3.10. The van der Waals surface area contributed by atoms with Crippen molar-refractivity contribution in [2.24, 2.45) is 5.41 Å². The van der Waals surface area contributed by atoms with Crippen molar-refractivity contribution in [2.45, 2.75) is 26.4 Å². The fourth-order valence-corrected chi connectivity index (χ4v) is 1.88. The van der Waals surface area contributed by atoms with Gasteiger partial charge in [-0.05, 0) is 25.5 Å². The Balaban J connectivity index is 3.30. The van der Waals surface area contributed by atoms with Crippen LogP contribution in [0.15, 0.2) is 18.2 Å². The molecule has 4 heteroatoms. The van der Waals surface area contributed by atoms with Gasteiger partial charge in [0.15, 0.2) is 0 Å². The second-order valence-corrected chi connectivity index (χ2v) is 4.55. The van der Waals surface area contributed by atoms with E-state index in [0.717, 1.165) is 0 Å². The van der Waals surface area contributed by atoms with Crippen molar-refractivity contribution >= 4 is 11.6 Å². The maximum Gasteiger partial charge on any atom is 0.126 e. The maximum atomic E-state index is 10.3. The van der Waals surface area contributed by atoms with Crippen LogP contribution in [0.5, 0.6) is 5.75 Å². The van der Waals surface area contributed by atoms with Crippen molar-refractivity contribution in [3.8, 4) is 11.8 Å². The summed E-state index contributed by atoms with van der Waals surface area (Å²) < 4.78 is 5.18. The van der Waals surface area contributed by atoms with Gasteiger partial charge in [-0.3, -0.25) is 0 Å². The molecule has 1 aromatic carbocycles. The molecule has 0 spiro atoms. The number of aliphatic hydroxyl groups excluding tert-OH is 1. The van der Waals surface area contributed by atoms with Crippen molar-refractivity contribution in [3.63, 3.8) is 0 Å². The van der Waals surface area contributed by atoms with Crippen LogP contribution < -0.4 is 4.74 Å². The molecule has 0 radical (unpaired) electrons. The maximum absolute atomic E-state index is 10.3. The zero-order valence-electron chi connectivity index (χ0n) is 10.2. The van der Waals surface area contributed by atoms with Crippen LogP contribution in [-0.2, 0) is 0 Å². The Morgan fingerprint density at radius 3 is 2.71 bits per heavy atom. The summed E-state index contributed by atoms with van der Waals surface area (Å²) in [6.45, 7) is 3.57. The van der Waals surface area contributed by atoms with Gasteiger partial charge in [-0.25, -0.2) is 0 Å². The molecule has 0 aromatic heterocycles. The van der Waals surface area contributed by atoms with E-state index in [1.165, 1.54) is 7.11 Å². The Bertz CT molecular complexity index is 442. The van der Waals surface area contributed by atoms with Gasteiger partial charge in [0, 0.05) is 5.56 Å². The molecule has 1 rings (SSSR count). The van der Waals surface area contributed by atoms with E-state index in [4.69, 9.17) is 16.3 Å². The van der Waals surface area contributed by atoms with Gasteiger partial charge in [0.1, 0.15) is 11.9 Å². The molecule has 0 heterocycles. The van der Waals surface area contributed by atoms with Gasteiger partial charge < -0.3 is 9.84 Å². The second kappa shape index (κ2) is 5.39. The van der Waals surface area contributed by atoms with E-state index in [1.54, 1.807) is 25.1 Å². The Kier molecular flexibility index (Phi) is 4.39. The van der Waals surface area contributed by atoms with Crippen molar-refractivity contribution in [2.75, 3.05) is 7.11 Å². The fourth-order valence-electron chi connectivity index (χ4n) is 1.61. The largest absolute Gasteiger partial charge is 0.496 e. The van der Waals surface area contributed by atoms with Crippen molar-refractivity contribution in [1.29, 1.82) is 5.26 Å². The quantitative estimate of drug-likeness (QED) is 0.896. The SMILES string of the molecule is CCC(C)(C#N)C(O)c1c(Cl)cccc1OC. The summed E-state index contributed by atoms with van der Waals surface area (Å²) >= 11 is 6.07. The Hall–Kier alpha value is -1.24. The van der Waals surface area contributed by atoms with E-state index in [0.29, 0.717) is 22.8 Å². The number of benzene rings is 1. The predicted molar refractivity (Wildman–Crippen MR) is 67.0 cm³/mol. The zero-order chi connectivity index (χ0) is 13.1. The molecule has 0 saturated carbocycles. The van der Waals surface area contributed by atoms with E-state index in [-0.39, 0.29) is 0 Å². The molecular weight excluding hydrogens is 238 g/mol. The van der Waals surface area contributed by atoms with E-state index in [1.807, 2.05) is 6.92 Å². The molecule has 0 amide bonds. The molecule has 0 aliphatic heterocycles. The highest BCUT2D eigenvalue weighted by atomic mass is 35.5. The predicted octanol–water partition coefficient (Wildman–Crippen LogP) is 3.32. The first kappa shape index (κ1) is 13.8. The minimum Gasteiger partial charge on any atom is -0.496 e. The van der Waals surface area contributed by atoms with Crippen LogP contribution >= 0.6 is 11.6 Å². The molecule has 0 aliphatic carbocycles. The lowest BCUT2D eigenvalue weighted by atomic mass is 9.79. The van der Waals surface area contributed by atoms with Gasteiger partial charge in [-0.2, -0.15) is 5.26 Å². The number of nitrogens with zero attached hydrogens (tertiary/aromatic N) is 1. The van der Waals surface area contributed by atoms with Gasteiger partial charge in [-0.1, -0.05) is 24.6 Å². The van der Waals surface area contributed by atoms with Crippen LogP contribution in [0.3, 0.4) is 0 Å². The number of methoxy groups -OCH3 is 1. The molecule has 2 unspecified atom stereocenters. The van der Waals surface area contributed by atoms with Crippen LogP contribution in [0.4, 0.5) is 0 Å². The van der Waals surface area contributed by atoms with E-state index in [9.17, 15) is 10.4 Å². The molecule has 0 fully saturated rings. The molecule has 92 valence electrons. The number of rotatable bonds is 4. The first-order valence-corrected chi connectivity index (χ1v) is 5.79. The molecule has 0 bridgehead atoms. The Morgan fingerprint density at radius 2 is 2.24 bits per heavy atom. The van der Waals surface area contributed by atoms with Gasteiger partial charge >= 0.3 is 0 Å². The van der Waals surface area contributed by atoms with Crippen LogP contribution in [0.25, 0.3) is 0 Å². The summed E-state index contributed by atoms with van der Waals surface area (Å²) in [6.07, 6.45) is -0.444. The highest BCUT2D eigenvalue weighted by Gasteiger charge is 2.35. The second-order valence-electron chi connectivity index (χ2n) is 4.14. The van der Waals surface area contributed by atoms with Gasteiger partial charge in [0.05, 0.1) is 23.6 Å². The monoisotopic (exact) mass is 253 g/mol. The Morgan fingerprint density at radius 1 is 1.59 bits per heavy atom. The summed E-state index contributed by atoms with van der Waals surface area (Å²) in [7, 11) is 1.51. The minimum absolute atomic E-state index is 0.409. The first-order valence-electron chi connectivity index (χ1n) is 5.42. The zero-order valence-corrected chi connectivity index (χ0v) is 11.0. The molecule has 3 nitrogen and oxygen atoms in total. The molecular formula is C13H16ClNO2. The molecule has 1 N–H and O–H groups in total. The van der Waals surface area contributed by atoms with Crippen molar-refractivity contribution < 1.29 is 9.84 Å². The smallest absolute Gasteiger partial charge is 0.126 e. The van der Waals surface area contributed by atoms with Crippen molar-refractivity contribution in [1.82, 2.24) is 0 Å². The van der Waals surface area contributed by atoms with Crippen LogP contribution in [0.1, 0.15) is 31.9 Å². The molecule has 2 atom stereocenters. The summed E-state index contributed by atoms with van der Waals surface area (Å²) in [6, 6.07) is 7.28. The van der Waals surface area contributed by atoms with E-state index < -0.39 is 11.5 Å². The van der Waals surface area contributed by atoms with Gasteiger partial charge in [0.25, 0.3) is 0 Å². The van der Waals surface area contributed by atoms with Gasteiger partial charge in [0.2, 0.25) is 0 Å². The standard InChI is InChI=1S/C13H16ClNO2/c1-4-13(2,8-15)12(16)11-9(14)6-5-7-10(11)17-3/h5-7,12,16H,4H2,1-3H3. The molecule has 0 saturated heterocycles. The lowest BCUT2D eigenvalue weighted by molar-refractivity contribution is 0.0699. The summed E-state index contributed by atoms with van der Waals surface area (Å²) in [5, 5.41) is 19.9. The summed E-state index contributed by atoms with van der Waals surface area (Å²) in [5.74, 6) is 0.500. The number of nitriles is 1.